The summed E-state index contributed by atoms with van der Waals surface area (Å²) >= 11 is 6.15. The molecule has 2 fully saturated rings. The van der Waals surface area contributed by atoms with E-state index in [1.807, 2.05) is 0 Å². The third kappa shape index (κ3) is 2.22. The van der Waals surface area contributed by atoms with Crippen LogP contribution >= 0.6 is 11.6 Å². The monoisotopic (exact) mass is 285 g/mol. The highest BCUT2D eigenvalue weighted by Gasteiger charge is 2.43. The number of amides is 1. The summed E-state index contributed by atoms with van der Waals surface area (Å²) in [6.07, 6.45) is 3.27. The fourth-order valence-electron chi connectivity index (χ4n) is 3.24. The van der Waals surface area contributed by atoms with Gasteiger partial charge in [-0.05, 0) is 43.9 Å². The predicted octanol–water partition coefficient (Wildman–Crippen LogP) is 3.34. The van der Waals surface area contributed by atoms with E-state index in [4.69, 9.17) is 11.6 Å². The number of halogens is 3. The lowest BCUT2D eigenvalue weighted by molar-refractivity contribution is 0.0594. The summed E-state index contributed by atoms with van der Waals surface area (Å²) in [5.74, 6) is -1.67. The number of piperidine rings is 1. The molecule has 2 bridgehead atoms. The molecule has 0 radical (unpaired) electrons. The second-order valence-electron chi connectivity index (χ2n) is 5.29. The molecule has 0 spiro atoms. The van der Waals surface area contributed by atoms with Gasteiger partial charge in [0.25, 0.3) is 5.91 Å². The smallest absolute Gasteiger partial charge is 0.257 e. The number of nitrogens with zero attached hydrogens (tertiary/aromatic N) is 1. The second kappa shape index (κ2) is 4.75. The Balaban J connectivity index is 1.90. The molecule has 5 heteroatoms. The summed E-state index contributed by atoms with van der Waals surface area (Å²) in [6.45, 7) is 0. The number of benzene rings is 1. The van der Waals surface area contributed by atoms with Gasteiger partial charge in [0.2, 0.25) is 0 Å². The van der Waals surface area contributed by atoms with Crippen molar-refractivity contribution >= 4 is 17.5 Å². The van der Waals surface area contributed by atoms with Gasteiger partial charge in [-0.3, -0.25) is 4.79 Å². The Bertz CT molecular complexity index is 508. The molecule has 1 amide bonds. The minimum Gasteiger partial charge on any atom is -0.332 e. The Kier molecular flexibility index (Phi) is 3.21. The first kappa shape index (κ1) is 12.9. The maximum Gasteiger partial charge on any atom is 0.257 e. The molecule has 2 saturated heterocycles. The van der Waals surface area contributed by atoms with Gasteiger partial charge in [-0.1, -0.05) is 0 Å². The fourth-order valence-corrected chi connectivity index (χ4v) is 3.65. The molecule has 0 saturated carbocycles. The third-order valence-corrected chi connectivity index (χ3v) is 4.43. The summed E-state index contributed by atoms with van der Waals surface area (Å²) in [5.41, 5.74) is -0.176. The van der Waals surface area contributed by atoms with Crippen LogP contribution < -0.4 is 0 Å². The minimum absolute atomic E-state index is 0.0661. The molecule has 0 N–H and O–H groups in total. The number of fused-ring (bicyclic) bond motifs is 2. The Hall–Kier alpha value is -1.16. The normalized spacial score (nSPS) is 29.6. The van der Waals surface area contributed by atoms with Crippen LogP contribution in [0.2, 0.25) is 0 Å². The molecule has 0 aromatic heterocycles. The molecular formula is C14H14ClF2NO. The van der Waals surface area contributed by atoms with E-state index in [0.717, 1.165) is 43.9 Å². The van der Waals surface area contributed by atoms with Gasteiger partial charge < -0.3 is 4.90 Å². The fraction of sp³-hybridized carbons (Fsp3) is 0.500. The van der Waals surface area contributed by atoms with Gasteiger partial charge in [0.05, 0.1) is 5.56 Å². The lowest BCUT2D eigenvalue weighted by Gasteiger charge is -2.37. The van der Waals surface area contributed by atoms with E-state index in [2.05, 4.69) is 0 Å². The minimum atomic E-state index is -0.668. The zero-order chi connectivity index (χ0) is 13.6. The molecule has 2 atom stereocenters. The van der Waals surface area contributed by atoms with E-state index in [1.54, 1.807) is 4.90 Å². The molecule has 1 aromatic rings. The van der Waals surface area contributed by atoms with E-state index in [0.29, 0.717) is 0 Å². The van der Waals surface area contributed by atoms with Crippen LogP contribution in [0.3, 0.4) is 0 Å². The van der Waals surface area contributed by atoms with Crippen molar-refractivity contribution in [3.63, 3.8) is 0 Å². The van der Waals surface area contributed by atoms with E-state index < -0.39 is 17.5 Å². The first-order valence-corrected chi connectivity index (χ1v) is 6.91. The quantitative estimate of drug-likeness (QED) is 0.725. The van der Waals surface area contributed by atoms with Crippen LogP contribution in [0.15, 0.2) is 18.2 Å². The van der Waals surface area contributed by atoms with E-state index in [9.17, 15) is 13.6 Å². The lowest BCUT2D eigenvalue weighted by atomic mass is 10.0. The molecule has 0 aliphatic carbocycles. The van der Waals surface area contributed by atoms with Gasteiger partial charge in [-0.25, -0.2) is 8.78 Å². The molecular weight excluding hydrogens is 272 g/mol. The first-order valence-electron chi connectivity index (χ1n) is 6.48. The largest absolute Gasteiger partial charge is 0.332 e. The molecule has 2 nitrogen and oxygen atoms in total. The number of hydrogen-bond donors (Lipinski definition) is 0. The van der Waals surface area contributed by atoms with Gasteiger partial charge in [0.15, 0.2) is 0 Å². The molecule has 3 rings (SSSR count). The maximum absolute atomic E-state index is 13.7. The molecule has 2 unspecified atom stereocenters. The van der Waals surface area contributed by atoms with Gasteiger partial charge in [-0.2, -0.15) is 0 Å². The molecule has 102 valence electrons. The van der Waals surface area contributed by atoms with Crippen LogP contribution in [0.1, 0.15) is 36.0 Å². The lowest BCUT2D eigenvalue weighted by Crippen LogP contribution is -2.47. The number of rotatable bonds is 1. The molecule has 2 aliphatic rings. The highest BCUT2D eigenvalue weighted by atomic mass is 35.5. The van der Waals surface area contributed by atoms with Gasteiger partial charge in [-0.15, -0.1) is 11.6 Å². The number of hydrogen-bond acceptors (Lipinski definition) is 1. The summed E-state index contributed by atoms with van der Waals surface area (Å²) < 4.78 is 26.9. The average molecular weight is 286 g/mol. The van der Waals surface area contributed by atoms with Gasteiger partial charge in [0.1, 0.15) is 11.6 Å². The molecule has 19 heavy (non-hydrogen) atoms. The zero-order valence-corrected chi connectivity index (χ0v) is 11.0. The van der Waals surface area contributed by atoms with Crippen LogP contribution in [-0.2, 0) is 0 Å². The predicted molar refractivity (Wildman–Crippen MR) is 68.2 cm³/mol. The van der Waals surface area contributed by atoms with Crippen molar-refractivity contribution in [2.45, 2.75) is 43.1 Å². The highest BCUT2D eigenvalue weighted by molar-refractivity contribution is 6.20. The highest BCUT2D eigenvalue weighted by Crippen LogP contribution is 2.38. The topological polar surface area (TPSA) is 20.3 Å². The van der Waals surface area contributed by atoms with E-state index in [1.165, 1.54) is 0 Å². The van der Waals surface area contributed by atoms with Crippen molar-refractivity contribution in [3.8, 4) is 0 Å². The van der Waals surface area contributed by atoms with Crippen molar-refractivity contribution < 1.29 is 13.6 Å². The van der Waals surface area contributed by atoms with Crippen molar-refractivity contribution in [2.75, 3.05) is 0 Å². The third-order valence-electron chi connectivity index (χ3n) is 4.07. The van der Waals surface area contributed by atoms with Crippen LogP contribution in [0, 0.1) is 11.6 Å². The molecule has 2 heterocycles. The Morgan fingerprint density at radius 2 is 1.84 bits per heavy atom. The van der Waals surface area contributed by atoms with Crippen molar-refractivity contribution in [1.82, 2.24) is 4.90 Å². The number of alkyl halides is 1. The first-order chi connectivity index (χ1) is 9.06. The summed E-state index contributed by atoms with van der Waals surface area (Å²) in [7, 11) is 0. The van der Waals surface area contributed by atoms with Crippen LogP contribution in [0.25, 0.3) is 0 Å². The van der Waals surface area contributed by atoms with Crippen molar-refractivity contribution in [2.24, 2.45) is 0 Å². The van der Waals surface area contributed by atoms with Crippen LogP contribution in [0.4, 0.5) is 8.78 Å². The number of carbonyl (C=O) groups is 1. The Morgan fingerprint density at radius 3 is 2.47 bits per heavy atom. The average Bonchev–Trinajstić information content (AvgIpc) is 2.64. The van der Waals surface area contributed by atoms with Crippen molar-refractivity contribution in [3.05, 3.63) is 35.4 Å². The summed E-state index contributed by atoms with van der Waals surface area (Å²) in [5, 5.41) is 0.0823. The molecule has 2 aliphatic heterocycles. The van der Waals surface area contributed by atoms with Crippen LogP contribution in [0.5, 0.6) is 0 Å². The summed E-state index contributed by atoms with van der Waals surface area (Å²) in [6, 6.07) is 3.13. The zero-order valence-electron chi connectivity index (χ0n) is 10.3. The second-order valence-corrected chi connectivity index (χ2v) is 5.91. The summed E-state index contributed by atoms with van der Waals surface area (Å²) in [4.78, 5) is 14.1. The molecule has 1 aromatic carbocycles. The van der Waals surface area contributed by atoms with Crippen molar-refractivity contribution in [1.29, 1.82) is 0 Å². The number of carbonyl (C=O) groups excluding carboxylic acids is 1. The standard InChI is InChI=1S/C14H14ClF2NO/c15-8-5-10-2-3-11(6-8)18(10)14(19)12-7-9(16)1-4-13(12)17/h1,4,7-8,10-11H,2-3,5-6H2. The van der Waals surface area contributed by atoms with Gasteiger partial charge in [0, 0.05) is 17.5 Å². The van der Waals surface area contributed by atoms with E-state index >= 15 is 0 Å². The SMILES string of the molecule is O=C(c1cc(F)ccc1F)N1C2CCC1CC(Cl)C2. The Labute approximate surface area is 115 Å². The Morgan fingerprint density at radius 1 is 1.21 bits per heavy atom. The van der Waals surface area contributed by atoms with Crippen LogP contribution in [-0.4, -0.2) is 28.3 Å². The van der Waals surface area contributed by atoms with E-state index in [-0.39, 0.29) is 23.0 Å². The van der Waals surface area contributed by atoms with Gasteiger partial charge >= 0.3 is 0 Å². The maximum atomic E-state index is 13.7.